The van der Waals surface area contributed by atoms with Crippen LogP contribution >= 0.6 is 0 Å². The van der Waals surface area contributed by atoms with Crippen LogP contribution < -0.4 is 14.2 Å². The van der Waals surface area contributed by atoms with Gasteiger partial charge in [0.2, 0.25) is 5.91 Å². The molecule has 0 fully saturated rings. The summed E-state index contributed by atoms with van der Waals surface area (Å²) >= 11 is 0. The van der Waals surface area contributed by atoms with Gasteiger partial charge in [-0.05, 0) is 36.2 Å². The van der Waals surface area contributed by atoms with Gasteiger partial charge in [0, 0.05) is 25.6 Å². The Bertz CT molecular complexity index is 675. The normalized spacial score (nSPS) is 10.2. The Kier molecular flexibility index (Phi) is 6.69. The second-order valence-corrected chi connectivity index (χ2v) is 5.74. The molecular weight excluding hydrogens is 318 g/mol. The van der Waals surface area contributed by atoms with E-state index in [9.17, 15) is 4.79 Å². The van der Waals surface area contributed by atoms with Crippen LogP contribution in [0.4, 0.5) is 0 Å². The lowest BCUT2D eigenvalue weighted by molar-refractivity contribution is -0.130. The molecule has 5 nitrogen and oxygen atoms in total. The first-order valence-electron chi connectivity index (χ1n) is 8.15. The maximum atomic E-state index is 12.5. The molecular formula is C20H25NO4. The topological polar surface area (TPSA) is 48.0 Å². The molecule has 0 aliphatic rings. The van der Waals surface area contributed by atoms with Crippen LogP contribution in [0.25, 0.3) is 0 Å². The smallest absolute Gasteiger partial charge is 0.222 e. The summed E-state index contributed by atoms with van der Waals surface area (Å²) in [6.07, 6.45) is 0.961. The lowest BCUT2D eigenvalue weighted by Gasteiger charge is -2.18. The summed E-state index contributed by atoms with van der Waals surface area (Å²) in [6.45, 7) is 0.561. The molecule has 5 heteroatoms. The van der Waals surface area contributed by atoms with Gasteiger partial charge in [-0.25, -0.2) is 0 Å². The van der Waals surface area contributed by atoms with E-state index in [1.54, 1.807) is 26.2 Å². The van der Waals surface area contributed by atoms with Crippen molar-refractivity contribution in [2.24, 2.45) is 0 Å². The van der Waals surface area contributed by atoms with Crippen LogP contribution in [0.2, 0.25) is 0 Å². The van der Waals surface area contributed by atoms with E-state index in [0.29, 0.717) is 19.4 Å². The number of amides is 1. The van der Waals surface area contributed by atoms with Crippen LogP contribution in [0.1, 0.15) is 17.5 Å². The maximum Gasteiger partial charge on any atom is 0.222 e. The number of carbonyl (C=O) groups excluding carboxylic acids is 1. The van der Waals surface area contributed by atoms with E-state index in [1.807, 2.05) is 49.5 Å². The van der Waals surface area contributed by atoms with Gasteiger partial charge in [0.05, 0.1) is 21.3 Å². The quantitative estimate of drug-likeness (QED) is 0.738. The number of nitrogens with zero attached hydrogens (tertiary/aromatic N) is 1. The standard InChI is InChI=1S/C20H25NO4/c1-21(14-15-8-10-16(23-2)11-9-15)20(22)13-12-17-18(24-3)6-5-7-19(17)25-4/h5-11H,12-14H2,1-4H3. The Morgan fingerprint density at radius 2 is 1.52 bits per heavy atom. The van der Waals surface area contributed by atoms with E-state index in [-0.39, 0.29) is 5.91 Å². The predicted octanol–water partition coefficient (Wildman–Crippen LogP) is 3.30. The average molecular weight is 343 g/mol. The SMILES string of the molecule is COc1ccc(CN(C)C(=O)CCc2c(OC)cccc2OC)cc1. The van der Waals surface area contributed by atoms with Crippen molar-refractivity contribution in [2.45, 2.75) is 19.4 Å². The number of rotatable bonds is 8. The van der Waals surface area contributed by atoms with E-state index in [0.717, 1.165) is 28.4 Å². The minimum absolute atomic E-state index is 0.0729. The fourth-order valence-corrected chi connectivity index (χ4v) is 2.69. The zero-order valence-electron chi connectivity index (χ0n) is 15.2. The highest BCUT2D eigenvalue weighted by Crippen LogP contribution is 2.29. The van der Waals surface area contributed by atoms with Gasteiger partial charge < -0.3 is 19.1 Å². The lowest BCUT2D eigenvalue weighted by atomic mass is 10.1. The van der Waals surface area contributed by atoms with Gasteiger partial charge in [0.1, 0.15) is 17.2 Å². The monoisotopic (exact) mass is 343 g/mol. The lowest BCUT2D eigenvalue weighted by Crippen LogP contribution is -2.26. The zero-order valence-corrected chi connectivity index (χ0v) is 15.2. The molecule has 0 spiro atoms. The summed E-state index contributed by atoms with van der Waals surface area (Å²) in [5.41, 5.74) is 1.98. The highest BCUT2D eigenvalue weighted by molar-refractivity contribution is 5.76. The van der Waals surface area contributed by atoms with Gasteiger partial charge in [-0.15, -0.1) is 0 Å². The Labute approximate surface area is 149 Å². The first-order chi connectivity index (χ1) is 12.1. The van der Waals surface area contributed by atoms with Crippen molar-refractivity contribution >= 4 is 5.91 Å². The summed E-state index contributed by atoms with van der Waals surface area (Å²) < 4.78 is 15.9. The Balaban J connectivity index is 1.97. The largest absolute Gasteiger partial charge is 0.497 e. The number of benzene rings is 2. The number of hydrogen-bond acceptors (Lipinski definition) is 4. The summed E-state index contributed by atoms with van der Waals surface area (Å²) in [5, 5.41) is 0. The molecule has 2 aromatic carbocycles. The molecule has 0 heterocycles. The summed E-state index contributed by atoms with van der Waals surface area (Å²) in [7, 11) is 6.69. The molecule has 2 aromatic rings. The highest BCUT2D eigenvalue weighted by Gasteiger charge is 2.14. The summed E-state index contributed by atoms with van der Waals surface area (Å²) in [6, 6.07) is 13.4. The molecule has 1 amide bonds. The van der Waals surface area contributed by atoms with Crippen LogP contribution in [0, 0.1) is 0 Å². The fourth-order valence-electron chi connectivity index (χ4n) is 2.69. The molecule has 0 bridgehead atoms. The highest BCUT2D eigenvalue weighted by atomic mass is 16.5. The molecule has 0 unspecified atom stereocenters. The van der Waals surface area contributed by atoms with E-state index in [4.69, 9.17) is 14.2 Å². The average Bonchev–Trinajstić information content (AvgIpc) is 2.66. The second kappa shape index (κ2) is 8.97. The Morgan fingerprint density at radius 1 is 0.920 bits per heavy atom. The molecule has 0 radical (unpaired) electrons. The van der Waals surface area contributed by atoms with Gasteiger partial charge >= 0.3 is 0 Å². The van der Waals surface area contributed by atoms with Crippen LogP contribution in [0.15, 0.2) is 42.5 Å². The van der Waals surface area contributed by atoms with E-state index < -0.39 is 0 Å². The van der Waals surface area contributed by atoms with Crippen molar-refractivity contribution in [3.8, 4) is 17.2 Å². The first-order valence-corrected chi connectivity index (χ1v) is 8.15. The van der Waals surface area contributed by atoms with Crippen LogP contribution in [0.3, 0.4) is 0 Å². The zero-order chi connectivity index (χ0) is 18.2. The number of ether oxygens (including phenoxy) is 3. The third-order valence-electron chi connectivity index (χ3n) is 4.12. The van der Waals surface area contributed by atoms with E-state index >= 15 is 0 Å². The molecule has 0 saturated carbocycles. The van der Waals surface area contributed by atoms with Crippen LogP contribution in [-0.4, -0.2) is 39.2 Å². The van der Waals surface area contributed by atoms with Gasteiger partial charge in [0.25, 0.3) is 0 Å². The molecule has 134 valence electrons. The third kappa shape index (κ3) is 4.89. The summed E-state index contributed by atoms with van der Waals surface area (Å²) in [4.78, 5) is 14.2. The third-order valence-corrected chi connectivity index (χ3v) is 4.12. The van der Waals surface area contributed by atoms with Crippen LogP contribution in [-0.2, 0) is 17.8 Å². The Morgan fingerprint density at radius 3 is 2.04 bits per heavy atom. The van der Waals surface area contributed by atoms with Crippen molar-refractivity contribution in [3.63, 3.8) is 0 Å². The number of hydrogen-bond donors (Lipinski definition) is 0. The fraction of sp³-hybridized carbons (Fsp3) is 0.350. The molecule has 0 saturated heterocycles. The van der Waals surface area contributed by atoms with Gasteiger partial charge in [-0.1, -0.05) is 18.2 Å². The number of carbonyl (C=O) groups is 1. The molecule has 0 aliphatic heterocycles. The van der Waals surface area contributed by atoms with Crippen molar-refractivity contribution < 1.29 is 19.0 Å². The van der Waals surface area contributed by atoms with Crippen molar-refractivity contribution in [1.29, 1.82) is 0 Å². The van der Waals surface area contributed by atoms with Gasteiger partial charge in [0.15, 0.2) is 0 Å². The minimum atomic E-state index is 0.0729. The molecule has 0 atom stereocenters. The van der Waals surface area contributed by atoms with Crippen molar-refractivity contribution in [2.75, 3.05) is 28.4 Å². The van der Waals surface area contributed by atoms with Crippen molar-refractivity contribution in [3.05, 3.63) is 53.6 Å². The van der Waals surface area contributed by atoms with E-state index in [1.165, 1.54) is 0 Å². The number of methoxy groups -OCH3 is 3. The van der Waals surface area contributed by atoms with Gasteiger partial charge in [-0.3, -0.25) is 4.79 Å². The minimum Gasteiger partial charge on any atom is -0.497 e. The maximum absolute atomic E-state index is 12.5. The molecule has 25 heavy (non-hydrogen) atoms. The molecule has 0 aromatic heterocycles. The molecule has 2 rings (SSSR count). The molecule has 0 N–H and O–H groups in total. The van der Waals surface area contributed by atoms with Gasteiger partial charge in [-0.2, -0.15) is 0 Å². The predicted molar refractivity (Wildman–Crippen MR) is 97.3 cm³/mol. The van der Waals surface area contributed by atoms with E-state index in [2.05, 4.69) is 0 Å². The van der Waals surface area contributed by atoms with Crippen molar-refractivity contribution in [1.82, 2.24) is 4.90 Å². The first kappa shape index (κ1) is 18.6. The second-order valence-electron chi connectivity index (χ2n) is 5.74. The van der Waals surface area contributed by atoms with Crippen LogP contribution in [0.5, 0.6) is 17.2 Å². The summed E-state index contributed by atoms with van der Waals surface area (Å²) in [5.74, 6) is 2.36. The molecule has 0 aliphatic carbocycles. The Hall–Kier alpha value is -2.69.